The third-order valence-electron chi connectivity index (χ3n) is 2.77. The molecule has 16 heavy (non-hydrogen) atoms. The molecule has 0 aromatic carbocycles. The molecule has 1 saturated heterocycles. The summed E-state index contributed by atoms with van der Waals surface area (Å²) in [6.45, 7) is 6.76. The van der Waals surface area contributed by atoms with Crippen LogP contribution in [0.2, 0.25) is 0 Å². The molecule has 0 N–H and O–H groups in total. The lowest BCUT2D eigenvalue weighted by molar-refractivity contribution is -0.198. The standard InChI is InChI=1S/C11H18O5/c1-6-7(2)14-5-10(15-8(3)12)11(6)16-9(4)13/h6-7,10-11H,5H2,1-4H3/t6-,7?,10+,11+/m0/s1. The first-order valence-corrected chi connectivity index (χ1v) is 5.38. The quantitative estimate of drug-likeness (QED) is 0.660. The Hall–Kier alpha value is -1.10. The van der Waals surface area contributed by atoms with Gasteiger partial charge in [0.2, 0.25) is 0 Å². The summed E-state index contributed by atoms with van der Waals surface area (Å²) in [6.07, 6.45) is -0.950. The SMILES string of the molecule is CC(=O)O[C@H]1[C@H](OC(C)=O)COC(C)[C@@H]1C. The minimum atomic E-state index is -0.507. The fourth-order valence-electron chi connectivity index (χ4n) is 1.79. The minimum Gasteiger partial charge on any atom is -0.458 e. The molecule has 0 amide bonds. The smallest absolute Gasteiger partial charge is 0.303 e. The minimum absolute atomic E-state index is 0.00185. The van der Waals surface area contributed by atoms with Gasteiger partial charge in [0.15, 0.2) is 6.10 Å². The van der Waals surface area contributed by atoms with Gasteiger partial charge in [-0.1, -0.05) is 6.92 Å². The molecule has 0 aromatic rings. The summed E-state index contributed by atoms with van der Waals surface area (Å²) in [7, 11) is 0. The third-order valence-corrected chi connectivity index (χ3v) is 2.77. The zero-order valence-electron chi connectivity index (χ0n) is 10.1. The molecule has 1 rings (SSSR count). The highest BCUT2D eigenvalue weighted by molar-refractivity contribution is 5.67. The molecule has 5 heteroatoms. The van der Waals surface area contributed by atoms with Gasteiger partial charge < -0.3 is 14.2 Å². The number of hydrogen-bond donors (Lipinski definition) is 0. The average Bonchev–Trinajstić information content (AvgIpc) is 2.16. The molecule has 0 radical (unpaired) electrons. The highest BCUT2D eigenvalue weighted by Gasteiger charge is 2.39. The second-order valence-electron chi connectivity index (χ2n) is 4.12. The van der Waals surface area contributed by atoms with Gasteiger partial charge in [-0.3, -0.25) is 9.59 Å². The molecule has 0 bridgehead atoms. The molecule has 0 saturated carbocycles. The maximum atomic E-state index is 11.0. The molecule has 1 heterocycles. The molecule has 1 aliphatic heterocycles. The van der Waals surface area contributed by atoms with Gasteiger partial charge >= 0.3 is 11.9 Å². The Balaban J connectivity index is 2.72. The van der Waals surface area contributed by atoms with Crippen LogP contribution >= 0.6 is 0 Å². The molecule has 0 spiro atoms. The fraction of sp³-hybridized carbons (Fsp3) is 0.818. The van der Waals surface area contributed by atoms with Crippen LogP contribution in [0.4, 0.5) is 0 Å². The van der Waals surface area contributed by atoms with Crippen molar-refractivity contribution in [2.24, 2.45) is 5.92 Å². The summed E-state index contributed by atoms with van der Waals surface area (Å²) < 4.78 is 15.7. The topological polar surface area (TPSA) is 61.8 Å². The van der Waals surface area contributed by atoms with Crippen molar-refractivity contribution in [1.82, 2.24) is 0 Å². The highest BCUT2D eigenvalue weighted by atomic mass is 16.6. The molecular formula is C11H18O5. The zero-order chi connectivity index (χ0) is 12.3. The number of carbonyl (C=O) groups is 2. The lowest BCUT2D eigenvalue weighted by Gasteiger charge is -2.38. The normalized spacial score (nSPS) is 34.2. The third kappa shape index (κ3) is 3.20. The number of hydrogen-bond acceptors (Lipinski definition) is 5. The molecular weight excluding hydrogens is 212 g/mol. The predicted molar refractivity (Wildman–Crippen MR) is 55.7 cm³/mol. The van der Waals surface area contributed by atoms with Crippen LogP contribution in [0.5, 0.6) is 0 Å². The van der Waals surface area contributed by atoms with Crippen molar-refractivity contribution in [3.05, 3.63) is 0 Å². The predicted octanol–water partition coefficient (Wildman–Crippen LogP) is 0.905. The summed E-state index contributed by atoms with van der Waals surface area (Å²) in [5.41, 5.74) is 0. The molecule has 92 valence electrons. The lowest BCUT2D eigenvalue weighted by atomic mass is 9.92. The van der Waals surface area contributed by atoms with E-state index >= 15 is 0 Å². The Labute approximate surface area is 95.0 Å². The van der Waals surface area contributed by atoms with E-state index in [-0.39, 0.29) is 24.6 Å². The average molecular weight is 230 g/mol. The number of ether oxygens (including phenoxy) is 3. The van der Waals surface area contributed by atoms with Crippen LogP contribution in [-0.2, 0) is 23.8 Å². The Morgan fingerprint density at radius 2 is 1.69 bits per heavy atom. The largest absolute Gasteiger partial charge is 0.458 e. The van der Waals surface area contributed by atoms with Crippen LogP contribution in [0.25, 0.3) is 0 Å². The van der Waals surface area contributed by atoms with E-state index in [0.717, 1.165) is 0 Å². The van der Waals surface area contributed by atoms with E-state index < -0.39 is 18.2 Å². The van der Waals surface area contributed by atoms with E-state index in [1.165, 1.54) is 13.8 Å². The van der Waals surface area contributed by atoms with E-state index in [1.54, 1.807) is 0 Å². The summed E-state index contributed by atoms with van der Waals surface area (Å²) in [6, 6.07) is 0. The lowest BCUT2D eigenvalue weighted by Crippen LogP contribution is -2.50. The van der Waals surface area contributed by atoms with Gasteiger partial charge in [-0.05, 0) is 6.92 Å². The van der Waals surface area contributed by atoms with Crippen molar-refractivity contribution in [1.29, 1.82) is 0 Å². The monoisotopic (exact) mass is 230 g/mol. The number of carbonyl (C=O) groups excluding carboxylic acids is 2. The Kier molecular flexibility index (Phi) is 4.29. The maximum absolute atomic E-state index is 11.0. The van der Waals surface area contributed by atoms with Gasteiger partial charge in [-0.15, -0.1) is 0 Å². The molecule has 1 fully saturated rings. The van der Waals surface area contributed by atoms with Crippen LogP contribution in [-0.4, -0.2) is 36.9 Å². The second kappa shape index (κ2) is 5.30. The maximum Gasteiger partial charge on any atom is 0.303 e. The van der Waals surface area contributed by atoms with Crippen molar-refractivity contribution in [2.75, 3.05) is 6.61 Å². The van der Waals surface area contributed by atoms with Gasteiger partial charge in [0, 0.05) is 19.8 Å². The first-order valence-electron chi connectivity index (χ1n) is 5.38. The fourth-order valence-corrected chi connectivity index (χ4v) is 1.79. The Morgan fingerprint density at radius 3 is 2.19 bits per heavy atom. The Morgan fingerprint density at radius 1 is 1.12 bits per heavy atom. The van der Waals surface area contributed by atoms with Gasteiger partial charge in [0.25, 0.3) is 0 Å². The summed E-state index contributed by atoms with van der Waals surface area (Å²) >= 11 is 0. The molecule has 4 atom stereocenters. The molecule has 0 aromatic heterocycles. The number of esters is 2. The van der Waals surface area contributed by atoms with Crippen molar-refractivity contribution >= 4 is 11.9 Å². The second-order valence-corrected chi connectivity index (χ2v) is 4.12. The van der Waals surface area contributed by atoms with Gasteiger partial charge in [-0.2, -0.15) is 0 Å². The summed E-state index contributed by atoms with van der Waals surface area (Å²) in [4.78, 5) is 21.9. The number of rotatable bonds is 2. The van der Waals surface area contributed by atoms with E-state index in [1.807, 2.05) is 13.8 Å². The van der Waals surface area contributed by atoms with E-state index in [9.17, 15) is 9.59 Å². The van der Waals surface area contributed by atoms with E-state index in [4.69, 9.17) is 14.2 Å². The first kappa shape index (κ1) is 13.0. The van der Waals surface area contributed by atoms with Crippen molar-refractivity contribution in [3.8, 4) is 0 Å². The Bertz CT molecular complexity index is 276. The highest BCUT2D eigenvalue weighted by Crippen LogP contribution is 2.25. The van der Waals surface area contributed by atoms with Crippen LogP contribution in [0, 0.1) is 5.92 Å². The molecule has 1 unspecified atom stereocenters. The summed E-state index contributed by atoms with van der Waals surface area (Å²) in [5, 5.41) is 0. The van der Waals surface area contributed by atoms with Gasteiger partial charge in [0.1, 0.15) is 6.10 Å². The van der Waals surface area contributed by atoms with Crippen molar-refractivity contribution in [2.45, 2.75) is 46.0 Å². The van der Waals surface area contributed by atoms with Crippen LogP contribution < -0.4 is 0 Å². The molecule has 1 aliphatic rings. The van der Waals surface area contributed by atoms with E-state index in [0.29, 0.717) is 0 Å². The molecule has 0 aliphatic carbocycles. The van der Waals surface area contributed by atoms with E-state index in [2.05, 4.69) is 0 Å². The summed E-state index contributed by atoms with van der Waals surface area (Å²) in [5.74, 6) is -0.766. The molecule has 5 nitrogen and oxygen atoms in total. The zero-order valence-corrected chi connectivity index (χ0v) is 10.1. The van der Waals surface area contributed by atoms with Gasteiger partial charge in [0.05, 0.1) is 12.7 Å². The van der Waals surface area contributed by atoms with Gasteiger partial charge in [-0.25, -0.2) is 0 Å². The van der Waals surface area contributed by atoms with Crippen molar-refractivity contribution < 1.29 is 23.8 Å². The van der Waals surface area contributed by atoms with Crippen LogP contribution in [0.3, 0.4) is 0 Å². The first-order chi connectivity index (χ1) is 7.41. The van der Waals surface area contributed by atoms with Crippen LogP contribution in [0.15, 0.2) is 0 Å². The van der Waals surface area contributed by atoms with Crippen LogP contribution in [0.1, 0.15) is 27.7 Å². The van der Waals surface area contributed by atoms with Crippen molar-refractivity contribution in [3.63, 3.8) is 0 Å².